The molecule has 2 rings (SSSR count). The molecule has 0 radical (unpaired) electrons. The number of benzene rings is 2. The van der Waals surface area contributed by atoms with Crippen LogP contribution >= 0.6 is 23.2 Å². The highest BCUT2D eigenvalue weighted by atomic mass is 35.5. The molecular weight excluding hydrogens is 355 g/mol. The van der Waals surface area contributed by atoms with Crippen LogP contribution in [-0.4, -0.2) is 19.8 Å². The summed E-state index contributed by atoms with van der Waals surface area (Å²) >= 11 is 11.6. The van der Waals surface area contributed by atoms with Gasteiger partial charge in [0.05, 0.1) is 4.90 Å². The fraction of sp³-hybridized carbons (Fsp3) is 0.143. The molecule has 0 aliphatic heterocycles. The van der Waals surface area contributed by atoms with Crippen LogP contribution in [-0.2, 0) is 16.6 Å². The van der Waals surface area contributed by atoms with E-state index in [1.807, 2.05) is 0 Å². The Morgan fingerprint density at radius 2 is 1.59 bits per heavy atom. The topological polar surface area (TPSA) is 37.4 Å². The molecule has 0 atom stereocenters. The summed E-state index contributed by atoms with van der Waals surface area (Å²) in [6.07, 6.45) is 0. The number of hydrogen-bond acceptors (Lipinski definition) is 2. The number of halogens is 4. The van der Waals surface area contributed by atoms with Crippen molar-refractivity contribution in [3.8, 4) is 0 Å². The third kappa shape index (κ3) is 3.76. The molecule has 2 aromatic carbocycles. The summed E-state index contributed by atoms with van der Waals surface area (Å²) in [6.45, 7) is -0.121. The van der Waals surface area contributed by atoms with Gasteiger partial charge in [-0.05, 0) is 35.9 Å². The molecule has 0 bridgehead atoms. The highest BCUT2D eigenvalue weighted by Gasteiger charge is 2.22. The number of rotatable bonds is 4. The van der Waals surface area contributed by atoms with E-state index in [0.717, 1.165) is 16.4 Å². The van der Waals surface area contributed by atoms with E-state index in [-0.39, 0.29) is 21.5 Å². The summed E-state index contributed by atoms with van der Waals surface area (Å²) in [5.41, 5.74) is 0.318. The molecule has 0 unspecified atom stereocenters. The lowest BCUT2D eigenvalue weighted by Crippen LogP contribution is -2.26. The number of hydrogen-bond donors (Lipinski definition) is 0. The van der Waals surface area contributed by atoms with Gasteiger partial charge < -0.3 is 0 Å². The molecule has 0 aliphatic carbocycles. The molecule has 2 aromatic rings. The predicted molar refractivity (Wildman–Crippen MR) is 81.5 cm³/mol. The minimum Gasteiger partial charge on any atom is -0.207 e. The van der Waals surface area contributed by atoms with Crippen LogP contribution in [0.5, 0.6) is 0 Å². The molecule has 22 heavy (non-hydrogen) atoms. The molecule has 8 heteroatoms. The van der Waals surface area contributed by atoms with E-state index in [4.69, 9.17) is 23.2 Å². The second kappa shape index (κ2) is 6.50. The summed E-state index contributed by atoms with van der Waals surface area (Å²) in [6, 6.07) is 7.16. The van der Waals surface area contributed by atoms with Crippen LogP contribution < -0.4 is 0 Å². The molecule has 0 heterocycles. The SMILES string of the molecule is CN(Cc1ccc(F)c(F)c1)S(=O)(=O)c1cc(Cl)cc(Cl)c1. The van der Waals surface area contributed by atoms with Crippen molar-refractivity contribution < 1.29 is 17.2 Å². The quantitative estimate of drug-likeness (QED) is 0.817. The highest BCUT2D eigenvalue weighted by Crippen LogP contribution is 2.25. The number of nitrogens with zero attached hydrogens (tertiary/aromatic N) is 1. The molecule has 118 valence electrons. The zero-order valence-electron chi connectivity index (χ0n) is 11.4. The van der Waals surface area contributed by atoms with E-state index in [2.05, 4.69) is 0 Å². The van der Waals surface area contributed by atoms with Crippen LogP contribution in [0.25, 0.3) is 0 Å². The van der Waals surface area contributed by atoms with Gasteiger partial charge in [-0.1, -0.05) is 29.3 Å². The summed E-state index contributed by atoms with van der Waals surface area (Å²) in [7, 11) is -2.53. The van der Waals surface area contributed by atoms with Gasteiger partial charge in [-0.15, -0.1) is 0 Å². The van der Waals surface area contributed by atoms with Crippen molar-refractivity contribution in [3.63, 3.8) is 0 Å². The maximum absolute atomic E-state index is 13.2. The van der Waals surface area contributed by atoms with Crippen LogP contribution in [0.4, 0.5) is 8.78 Å². The lowest BCUT2D eigenvalue weighted by molar-refractivity contribution is 0.462. The van der Waals surface area contributed by atoms with Gasteiger partial charge in [-0.2, -0.15) is 4.31 Å². The maximum atomic E-state index is 13.2. The van der Waals surface area contributed by atoms with E-state index in [0.29, 0.717) is 5.56 Å². The monoisotopic (exact) mass is 365 g/mol. The molecular formula is C14H11Cl2F2NO2S. The van der Waals surface area contributed by atoms with Crippen LogP contribution in [0.2, 0.25) is 10.0 Å². The average Bonchev–Trinajstić information content (AvgIpc) is 2.41. The first-order valence-corrected chi connectivity index (χ1v) is 8.26. The summed E-state index contributed by atoms with van der Waals surface area (Å²) < 4.78 is 51.9. The van der Waals surface area contributed by atoms with Crippen molar-refractivity contribution in [1.82, 2.24) is 4.31 Å². The van der Waals surface area contributed by atoms with E-state index in [9.17, 15) is 17.2 Å². The van der Waals surface area contributed by atoms with Crippen LogP contribution in [0.1, 0.15) is 5.56 Å². The highest BCUT2D eigenvalue weighted by molar-refractivity contribution is 7.89. The maximum Gasteiger partial charge on any atom is 0.243 e. The lowest BCUT2D eigenvalue weighted by Gasteiger charge is -2.17. The fourth-order valence-electron chi connectivity index (χ4n) is 1.84. The van der Waals surface area contributed by atoms with Crippen molar-refractivity contribution in [2.24, 2.45) is 0 Å². The fourth-order valence-corrected chi connectivity index (χ4v) is 3.72. The molecule has 0 aromatic heterocycles. The summed E-state index contributed by atoms with van der Waals surface area (Å²) in [5, 5.41) is 0.375. The predicted octanol–water partition coefficient (Wildman–Crippen LogP) is 4.09. The summed E-state index contributed by atoms with van der Waals surface area (Å²) in [5.74, 6) is -2.02. The Morgan fingerprint density at radius 3 is 2.14 bits per heavy atom. The van der Waals surface area contributed by atoms with Crippen molar-refractivity contribution in [2.75, 3.05) is 7.05 Å². The van der Waals surface area contributed by atoms with Gasteiger partial charge in [0.15, 0.2) is 11.6 Å². The lowest BCUT2D eigenvalue weighted by atomic mass is 10.2. The normalized spacial score (nSPS) is 11.9. The Bertz CT molecular complexity index is 792. The van der Waals surface area contributed by atoms with E-state index >= 15 is 0 Å². The second-order valence-corrected chi connectivity index (χ2v) is 7.53. The largest absolute Gasteiger partial charge is 0.243 e. The summed E-state index contributed by atoms with van der Waals surface area (Å²) in [4.78, 5) is -0.0740. The van der Waals surface area contributed by atoms with Gasteiger partial charge in [-0.25, -0.2) is 17.2 Å². The average molecular weight is 366 g/mol. The van der Waals surface area contributed by atoms with E-state index in [1.165, 1.54) is 31.3 Å². The standard InChI is InChI=1S/C14H11Cl2F2NO2S/c1-19(8-9-2-3-13(17)14(18)4-9)22(20,21)12-6-10(15)5-11(16)7-12/h2-7H,8H2,1H3. The van der Waals surface area contributed by atoms with Crippen molar-refractivity contribution in [2.45, 2.75) is 11.4 Å². The molecule has 0 aliphatic rings. The Balaban J connectivity index is 2.30. The molecule has 3 nitrogen and oxygen atoms in total. The molecule has 0 fully saturated rings. The van der Waals surface area contributed by atoms with Crippen LogP contribution in [0.3, 0.4) is 0 Å². The first-order valence-electron chi connectivity index (χ1n) is 6.06. The minimum atomic E-state index is -3.86. The van der Waals surface area contributed by atoms with Crippen LogP contribution in [0.15, 0.2) is 41.3 Å². The molecule has 0 saturated heterocycles. The van der Waals surface area contributed by atoms with Gasteiger partial charge >= 0.3 is 0 Å². The molecule has 0 spiro atoms. The van der Waals surface area contributed by atoms with Crippen molar-refractivity contribution in [3.05, 3.63) is 63.6 Å². The van der Waals surface area contributed by atoms with Crippen LogP contribution in [0, 0.1) is 11.6 Å². The van der Waals surface area contributed by atoms with E-state index < -0.39 is 21.7 Å². The Kier molecular flexibility index (Phi) is 5.07. The number of sulfonamides is 1. The van der Waals surface area contributed by atoms with Gasteiger partial charge in [0.1, 0.15) is 0 Å². The molecule has 0 N–H and O–H groups in total. The van der Waals surface area contributed by atoms with Gasteiger partial charge in [-0.3, -0.25) is 0 Å². The Morgan fingerprint density at radius 1 is 1.00 bits per heavy atom. The zero-order chi connectivity index (χ0) is 16.5. The third-order valence-corrected chi connectivity index (χ3v) is 5.15. The van der Waals surface area contributed by atoms with Crippen molar-refractivity contribution >= 4 is 33.2 Å². The first-order chi connectivity index (χ1) is 10.2. The zero-order valence-corrected chi connectivity index (χ0v) is 13.7. The van der Waals surface area contributed by atoms with Gasteiger partial charge in [0.2, 0.25) is 10.0 Å². The van der Waals surface area contributed by atoms with Gasteiger partial charge in [0.25, 0.3) is 0 Å². The Labute approximate surface area is 137 Å². The smallest absolute Gasteiger partial charge is 0.207 e. The first kappa shape index (κ1) is 17.1. The Hall–Kier alpha value is -1.21. The third-order valence-electron chi connectivity index (χ3n) is 2.93. The van der Waals surface area contributed by atoms with Crippen molar-refractivity contribution in [1.29, 1.82) is 0 Å². The molecule has 0 amide bonds. The second-order valence-electron chi connectivity index (χ2n) is 4.61. The molecule has 0 saturated carbocycles. The van der Waals surface area contributed by atoms with Gasteiger partial charge in [0, 0.05) is 23.6 Å². The minimum absolute atomic E-state index is 0.0740. The van der Waals surface area contributed by atoms with E-state index in [1.54, 1.807) is 0 Å².